The Labute approximate surface area is 216 Å². The molecule has 6 N–H and O–H groups in total. The number of aryl methyl sites for hydroxylation is 1. The number of thiazole rings is 1. The molecule has 4 heterocycles. The van der Waals surface area contributed by atoms with E-state index >= 15 is 0 Å². The molecule has 36 heavy (non-hydrogen) atoms. The number of β-lactam (4-membered cyclic amide) rings is 1. The van der Waals surface area contributed by atoms with Crippen molar-refractivity contribution in [3.63, 3.8) is 0 Å². The molecular formula is C18H22N10O5S3. The summed E-state index contributed by atoms with van der Waals surface area (Å²) in [6.45, 7) is 1.77. The molecule has 4 rings (SSSR count). The number of carboxylic acid groups (broad SMARTS) is 1. The van der Waals surface area contributed by atoms with Crippen molar-refractivity contribution >= 4 is 63.5 Å². The normalized spacial score (nSPS) is 20.6. The van der Waals surface area contributed by atoms with E-state index in [9.17, 15) is 19.5 Å². The highest BCUT2D eigenvalue weighted by Crippen LogP contribution is 2.41. The van der Waals surface area contributed by atoms with E-state index in [1.807, 2.05) is 0 Å². The number of nitrogens with one attached hydrogen (secondary N) is 1. The minimum Gasteiger partial charge on any atom is -0.477 e. The van der Waals surface area contributed by atoms with E-state index in [0.717, 1.165) is 11.3 Å². The smallest absolute Gasteiger partial charge is 0.352 e. The third-order valence-corrected chi connectivity index (χ3v) is 8.08. The first-order chi connectivity index (χ1) is 17.2. The van der Waals surface area contributed by atoms with E-state index in [1.54, 1.807) is 14.0 Å². The Bertz CT molecular complexity index is 1240. The van der Waals surface area contributed by atoms with Crippen molar-refractivity contribution in [3.05, 3.63) is 22.3 Å². The molecule has 2 amide bonds. The quantitative estimate of drug-likeness (QED) is 0.118. The number of carboxylic acids is 1. The Balaban J connectivity index is 1.49. The second-order valence-electron chi connectivity index (χ2n) is 7.78. The first-order valence-corrected chi connectivity index (χ1v) is 13.3. The SMILES string of the molecule is CC(N)CON=C(C(=O)NC1C(=O)N2C(C(=O)O)=C(CSc3nnnn3C)CS[C@@H]12)c1csc(N)n1. The summed E-state index contributed by atoms with van der Waals surface area (Å²) >= 11 is 3.73. The molecule has 1 saturated heterocycles. The zero-order valence-corrected chi connectivity index (χ0v) is 21.5. The molecule has 2 aliphatic rings. The van der Waals surface area contributed by atoms with Gasteiger partial charge < -0.3 is 26.7 Å². The molecule has 15 nitrogen and oxygen atoms in total. The van der Waals surface area contributed by atoms with Crippen LogP contribution in [-0.2, 0) is 26.3 Å². The predicted molar refractivity (Wildman–Crippen MR) is 132 cm³/mol. The molecule has 3 atom stereocenters. The number of aromatic nitrogens is 5. The molecule has 0 bridgehead atoms. The van der Waals surface area contributed by atoms with Gasteiger partial charge in [-0.15, -0.1) is 28.2 Å². The van der Waals surface area contributed by atoms with Crippen LogP contribution in [0.2, 0.25) is 0 Å². The van der Waals surface area contributed by atoms with Crippen LogP contribution < -0.4 is 16.8 Å². The Hall–Kier alpha value is -3.22. The summed E-state index contributed by atoms with van der Waals surface area (Å²) in [6, 6.07) is -1.28. The molecule has 1 fully saturated rings. The van der Waals surface area contributed by atoms with Gasteiger partial charge in [0, 0.05) is 30.0 Å². The maximum absolute atomic E-state index is 13.0. The van der Waals surface area contributed by atoms with Crippen LogP contribution >= 0.6 is 34.9 Å². The van der Waals surface area contributed by atoms with Gasteiger partial charge in [0.05, 0.1) is 0 Å². The molecule has 2 aromatic heterocycles. The van der Waals surface area contributed by atoms with Gasteiger partial charge in [-0.2, -0.15) is 0 Å². The molecular weight excluding hydrogens is 532 g/mol. The highest BCUT2D eigenvalue weighted by molar-refractivity contribution is 8.01. The number of tetrazole rings is 1. The summed E-state index contributed by atoms with van der Waals surface area (Å²) < 4.78 is 1.47. The van der Waals surface area contributed by atoms with Crippen molar-refractivity contribution in [3.8, 4) is 0 Å². The van der Waals surface area contributed by atoms with Crippen LogP contribution in [0.25, 0.3) is 0 Å². The van der Waals surface area contributed by atoms with Gasteiger partial charge in [-0.1, -0.05) is 16.9 Å². The van der Waals surface area contributed by atoms with Gasteiger partial charge in [0.2, 0.25) is 5.16 Å². The molecule has 0 saturated carbocycles. The van der Waals surface area contributed by atoms with Crippen molar-refractivity contribution in [2.24, 2.45) is 17.9 Å². The number of oxime groups is 1. The lowest BCUT2D eigenvalue weighted by Crippen LogP contribution is -2.71. The molecule has 0 aliphatic carbocycles. The monoisotopic (exact) mass is 554 g/mol. The fourth-order valence-electron chi connectivity index (χ4n) is 3.32. The Kier molecular flexibility index (Phi) is 7.76. The predicted octanol–water partition coefficient (Wildman–Crippen LogP) is -1.15. The van der Waals surface area contributed by atoms with Crippen molar-refractivity contribution in [2.75, 3.05) is 23.8 Å². The van der Waals surface area contributed by atoms with E-state index in [0.29, 0.717) is 16.5 Å². The zero-order valence-electron chi connectivity index (χ0n) is 19.0. The largest absolute Gasteiger partial charge is 0.477 e. The number of aliphatic carboxylic acids is 1. The Morgan fingerprint density at radius 2 is 2.25 bits per heavy atom. The first kappa shape index (κ1) is 25.9. The highest BCUT2D eigenvalue weighted by Gasteiger charge is 2.54. The van der Waals surface area contributed by atoms with Gasteiger partial charge in [-0.05, 0) is 22.9 Å². The number of hydrogen-bond donors (Lipinski definition) is 4. The van der Waals surface area contributed by atoms with Crippen LogP contribution in [-0.4, -0.2) is 94.3 Å². The summed E-state index contributed by atoms with van der Waals surface area (Å²) in [4.78, 5) is 48.5. The lowest BCUT2D eigenvalue weighted by molar-refractivity contribution is -0.150. The maximum Gasteiger partial charge on any atom is 0.352 e. The van der Waals surface area contributed by atoms with Crippen LogP contribution in [0.3, 0.4) is 0 Å². The molecule has 0 radical (unpaired) electrons. The lowest BCUT2D eigenvalue weighted by atomic mass is 10.0. The van der Waals surface area contributed by atoms with Crippen molar-refractivity contribution in [1.29, 1.82) is 0 Å². The molecule has 0 spiro atoms. The van der Waals surface area contributed by atoms with Gasteiger partial charge in [0.1, 0.15) is 29.4 Å². The minimum absolute atomic E-state index is 0.0585. The average Bonchev–Trinajstić information content (AvgIpc) is 3.45. The summed E-state index contributed by atoms with van der Waals surface area (Å²) in [5.74, 6) is -1.85. The van der Waals surface area contributed by atoms with Crippen molar-refractivity contribution < 1.29 is 24.3 Å². The van der Waals surface area contributed by atoms with Crippen molar-refractivity contribution in [2.45, 2.75) is 29.5 Å². The van der Waals surface area contributed by atoms with Crippen molar-refractivity contribution in [1.82, 2.24) is 35.4 Å². The van der Waals surface area contributed by atoms with Gasteiger partial charge in [0.25, 0.3) is 11.8 Å². The summed E-state index contributed by atoms with van der Waals surface area (Å²) in [5.41, 5.74) is 11.8. The first-order valence-electron chi connectivity index (χ1n) is 10.4. The number of thioether (sulfide) groups is 2. The number of rotatable bonds is 10. The fourth-order valence-corrected chi connectivity index (χ4v) is 6.20. The number of nitrogen functional groups attached to an aromatic ring is 1. The van der Waals surface area contributed by atoms with Crippen LogP contribution in [0, 0.1) is 0 Å². The number of nitrogens with zero attached hydrogens (tertiary/aromatic N) is 7. The second-order valence-corrected chi connectivity index (χ2v) is 10.7. The van der Waals surface area contributed by atoms with Gasteiger partial charge in [0.15, 0.2) is 10.8 Å². The summed E-state index contributed by atoms with van der Waals surface area (Å²) in [6.07, 6.45) is 0. The topological polar surface area (TPSA) is 217 Å². The third kappa shape index (κ3) is 5.30. The number of amides is 2. The number of fused-ring (bicyclic) bond motifs is 1. The molecule has 2 unspecified atom stereocenters. The van der Waals surface area contributed by atoms with Crippen LogP contribution in [0.1, 0.15) is 12.6 Å². The van der Waals surface area contributed by atoms with Gasteiger partial charge >= 0.3 is 5.97 Å². The highest BCUT2D eigenvalue weighted by atomic mass is 32.2. The number of carbonyl (C=O) groups is 3. The standard InChI is InChI=1S/C18H22N10O5S3/c1-7(19)3-33-24-10(9-6-35-17(20)21-9)13(29)22-11-14(30)28-12(16(31)32)8(4-34-15(11)28)5-36-18-23-25-26-27(18)2/h6-7,11,15H,3-5,19H2,1-2H3,(H2,20,21)(H,22,29)(H,31,32)/t7?,11?,15-/m0/s1. The number of carbonyl (C=O) groups excluding carboxylic acids is 2. The van der Waals surface area contributed by atoms with E-state index in [4.69, 9.17) is 16.3 Å². The van der Waals surface area contributed by atoms with E-state index in [1.165, 1.54) is 38.5 Å². The van der Waals surface area contributed by atoms with E-state index < -0.39 is 29.2 Å². The molecule has 0 aromatic carbocycles. The minimum atomic E-state index is -1.23. The molecule has 192 valence electrons. The number of anilines is 1. The Morgan fingerprint density at radius 3 is 2.86 bits per heavy atom. The summed E-state index contributed by atoms with van der Waals surface area (Å²) in [5, 5.41) is 29.2. The zero-order chi connectivity index (χ0) is 26.0. The molecule has 2 aliphatic heterocycles. The van der Waals surface area contributed by atoms with Crippen LogP contribution in [0.15, 0.2) is 27.0 Å². The van der Waals surface area contributed by atoms with E-state index in [2.05, 4.69) is 31.0 Å². The second kappa shape index (κ2) is 10.8. The lowest BCUT2D eigenvalue weighted by Gasteiger charge is -2.49. The third-order valence-electron chi connectivity index (χ3n) is 4.97. The van der Waals surface area contributed by atoms with Crippen LogP contribution in [0.4, 0.5) is 5.13 Å². The van der Waals surface area contributed by atoms with Gasteiger partial charge in [-0.3, -0.25) is 14.5 Å². The average molecular weight is 555 g/mol. The summed E-state index contributed by atoms with van der Waals surface area (Å²) in [7, 11) is 1.67. The van der Waals surface area contributed by atoms with Gasteiger partial charge in [-0.25, -0.2) is 14.5 Å². The maximum atomic E-state index is 13.0. The van der Waals surface area contributed by atoms with E-state index in [-0.39, 0.29) is 40.6 Å². The molecule has 18 heteroatoms. The number of nitrogens with two attached hydrogens (primary N) is 2. The van der Waals surface area contributed by atoms with Crippen LogP contribution in [0.5, 0.6) is 0 Å². The number of hydrogen-bond acceptors (Lipinski definition) is 14. The fraction of sp³-hybridized carbons (Fsp3) is 0.444. The molecule has 2 aromatic rings. The Morgan fingerprint density at radius 1 is 1.47 bits per heavy atom.